The van der Waals surface area contributed by atoms with Crippen LogP contribution >= 0.6 is 0 Å². The Morgan fingerprint density at radius 1 is 1.29 bits per heavy atom. The zero-order valence-corrected chi connectivity index (χ0v) is 21.3. The van der Waals surface area contributed by atoms with Gasteiger partial charge in [0.15, 0.2) is 0 Å². The lowest BCUT2D eigenvalue weighted by Crippen LogP contribution is -2.60. The number of nitrogens with zero attached hydrogens (tertiary/aromatic N) is 1. The van der Waals surface area contributed by atoms with Gasteiger partial charge in [-0.2, -0.15) is 0 Å². The molecule has 4 amide bonds. The first-order valence-corrected chi connectivity index (χ1v) is 12.2. The molecular formula is C24H38N4O7. The zero-order chi connectivity index (χ0) is 26.3. The van der Waals surface area contributed by atoms with E-state index < -0.39 is 47.7 Å². The molecule has 1 aliphatic carbocycles. The predicted octanol–water partition coefficient (Wildman–Crippen LogP) is 0.519. The van der Waals surface area contributed by atoms with Crippen molar-refractivity contribution in [2.75, 3.05) is 13.1 Å². The second-order valence-electron chi connectivity index (χ2n) is 11.5. The fraction of sp³-hybridized carbons (Fsp3) is 0.792. The van der Waals surface area contributed by atoms with Gasteiger partial charge in [0.1, 0.15) is 18.4 Å². The average molecular weight is 495 g/mol. The first kappa shape index (κ1) is 26.9. The summed E-state index contributed by atoms with van der Waals surface area (Å²) < 4.78 is 5.86. The second kappa shape index (κ2) is 9.75. The standard InChI is InChI=1S/C24H38N4O7/c1-12(35-23(2,3)4)17(27-22(33)34)21(32)28-10-15-16(24(15,5)6)18(28)20(31)26-14(11-29)9-13-7-8-25-19(13)30/h11-18,27H,7-10H2,1-6H3,(H,25,30)(H,26,31)(H,33,34)/t12?,13-,14?,15-,16-,17?,18-/m0/s1. The van der Waals surface area contributed by atoms with Gasteiger partial charge in [-0.15, -0.1) is 0 Å². The van der Waals surface area contributed by atoms with Crippen LogP contribution in [0.4, 0.5) is 4.79 Å². The van der Waals surface area contributed by atoms with Crippen LogP contribution in [-0.4, -0.2) is 83.0 Å². The summed E-state index contributed by atoms with van der Waals surface area (Å²) in [5, 5.41) is 17.1. The SMILES string of the molecule is CC(OC(C)(C)C)C(NC(=O)O)C(=O)N1C[C@H]2[C@@H]([C@H]1C(=O)NC(C=O)C[C@@H]1CCNC1=O)C2(C)C. The maximum atomic E-state index is 13.6. The molecule has 0 aromatic heterocycles. The van der Waals surface area contributed by atoms with Crippen molar-refractivity contribution in [2.24, 2.45) is 23.2 Å². The van der Waals surface area contributed by atoms with Crippen LogP contribution in [-0.2, 0) is 23.9 Å². The molecule has 0 spiro atoms. The van der Waals surface area contributed by atoms with Gasteiger partial charge >= 0.3 is 6.09 Å². The van der Waals surface area contributed by atoms with Crippen LogP contribution in [0.5, 0.6) is 0 Å². The van der Waals surface area contributed by atoms with Crippen LogP contribution in [0, 0.1) is 23.2 Å². The van der Waals surface area contributed by atoms with Gasteiger partial charge in [-0.05, 0) is 57.8 Å². The number of nitrogens with one attached hydrogen (secondary N) is 3. The Labute approximate surface area is 205 Å². The Morgan fingerprint density at radius 2 is 1.94 bits per heavy atom. The van der Waals surface area contributed by atoms with Gasteiger partial charge in [0.2, 0.25) is 17.7 Å². The van der Waals surface area contributed by atoms with E-state index in [9.17, 15) is 29.1 Å². The van der Waals surface area contributed by atoms with Crippen molar-refractivity contribution in [2.45, 2.75) is 84.2 Å². The van der Waals surface area contributed by atoms with Crippen molar-refractivity contribution in [3.8, 4) is 0 Å². The molecule has 2 heterocycles. The number of amides is 4. The molecule has 0 aromatic carbocycles. The highest BCUT2D eigenvalue weighted by Crippen LogP contribution is 2.64. The number of rotatable bonds is 9. The van der Waals surface area contributed by atoms with Gasteiger partial charge in [0.05, 0.1) is 17.7 Å². The molecule has 3 unspecified atom stereocenters. The highest BCUT2D eigenvalue weighted by atomic mass is 16.5. The van der Waals surface area contributed by atoms with Crippen molar-refractivity contribution in [1.29, 1.82) is 0 Å². The lowest BCUT2D eigenvalue weighted by molar-refractivity contribution is -0.147. The first-order valence-electron chi connectivity index (χ1n) is 12.2. The molecule has 2 saturated heterocycles. The third kappa shape index (κ3) is 5.76. The number of piperidine rings is 1. The number of aldehydes is 1. The van der Waals surface area contributed by atoms with Crippen LogP contribution in [0.2, 0.25) is 0 Å². The number of fused-ring (bicyclic) bond motifs is 1. The fourth-order valence-corrected chi connectivity index (χ4v) is 5.72. The van der Waals surface area contributed by atoms with Crippen molar-refractivity contribution < 1.29 is 33.8 Å². The fourth-order valence-electron chi connectivity index (χ4n) is 5.72. The molecular weight excluding hydrogens is 456 g/mol. The third-order valence-electron chi connectivity index (χ3n) is 7.51. The molecule has 0 radical (unpaired) electrons. The molecule has 3 fully saturated rings. The molecule has 3 rings (SSSR count). The lowest BCUT2D eigenvalue weighted by Gasteiger charge is -2.36. The number of carbonyl (C=O) groups is 5. The van der Waals surface area contributed by atoms with Gasteiger partial charge < -0.3 is 35.5 Å². The van der Waals surface area contributed by atoms with Crippen molar-refractivity contribution in [1.82, 2.24) is 20.9 Å². The quantitative estimate of drug-likeness (QED) is 0.341. The topological polar surface area (TPSA) is 154 Å². The van der Waals surface area contributed by atoms with Crippen molar-refractivity contribution in [3.63, 3.8) is 0 Å². The number of hydrogen-bond acceptors (Lipinski definition) is 6. The van der Waals surface area contributed by atoms with Crippen molar-refractivity contribution >= 4 is 30.1 Å². The largest absolute Gasteiger partial charge is 0.465 e. The molecule has 35 heavy (non-hydrogen) atoms. The van der Waals surface area contributed by atoms with Gasteiger partial charge in [0.25, 0.3) is 0 Å². The highest BCUT2D eigenvalue weighted by molar-refractivity contribution is 5.94. The third-order valence-corrected chi connectivity index (χ3v) is 7.51. The van der Waals surface area contributed by atoms with E-state index in [1.54, 1.807) is 27.7 Å². The Balaban J connectivity index is 1.79. The Morgan fingerprint density at radius 3 is 2.46 bits per heavy atom. The second-order valence-corrected chi connectivity index (χ2v) is 11.5. The molecule has 4 N–H and O–H groups in total. The van der Waals surface area contributed by atoms with Gasteiger partial charge in [0, 0.05) is 19.0 Å². The van der Waals surface area contributed by atoms with E-state index in [1.165, 1.54) is 4.90 Å². The molecule has 196 valence electrons. The van der Waals surface area contributed by atoms with Crippen molar-refractivity contribution in [3.05, 3.63) is 0 Å². The Hall–Kier alpha value is -2.69. The summed E-state index contributed by atoms with van der Waals surface area (Å²) in [5.41, 5.74) is -0.780. The van der Waals surface area contributed by atoms with E-state index in [-0.39, 0.29) is 35.5 Å². The Bertz CT molecular complexity index is 884. The van der Waals surface area contributed by atoms with E-state index in [0.717, 1.165) is 0 Å². The predicted molar refractivity (Wildman–Crippen MR) is 125 cm³/mol. The number of likely N-dealkylation sites (tertiary alicyclic amines) is 1. The van der Waals surface area contributed by atoms with E-state index in [2.05, 4.69) is 16.0 Å². The highest BCUT2D eigenvalue weighted by Gasteiger charge is 2.69. The summed E-state index contributed by atoms with van der Waals surface area (Å²) in [6, 6.07) is -2.90. The maximum absolute atomic E-state index is 13.6. The molecule has 11 heteroatoms. The first-order chi connectivity index (χ1) is 16.2. The summed E-state index contributed by atoms with van der Waals surface area (Å²) in [6.45, 7) is 11.9. The molecule has 2 aliphatic heterocycles. The minimum Gasteiger partial charge on any atom is -0.465 e. The number of carboxylic acid groups (broad SMARTS) is 1. The summed E-state index contributed by atoms with van der Waals surface area (Å²) in [4.78, 5) is 63.6. The molecule has 11 nitrogen and oxygen atoms in total. The van der Waals surface area contributed by atoms with Crippen LogP contribution in [0.15, 0.2) is 0 Å². The van der Waals surface area contributed by atoms with Crippen LogP contribution < -0.4 is 16.0 Å². The smallest absolute Gasteiger partial charge is 0.405 e. The van der Waals surface area contributed by atoms with Gasteiger partial charge in [-0.3, -0.25) is 14.4 Å². The Kier molecular flexibility index (Phi) is 7.50. The number of carbonyl (C=O) groups excluding carboxylic acids is 4. The summed E-state index contributed by atoms with van der Waals surface area (Å²) in [7, 11) is 0. The van der Waals surface area contributed by atoms with E-state index in [1.807, 2.05) is 13.8 Å². The van der Waals surface area contributed by atoms with E-state index >= 15 is 0 Å². The minimum atomic E-state index is -1.37. The van der Waals surface area contributed by atoms with Crippen LogP contribution in [0.1, 0.15) is 54.4 Å². The molecule has 7 atom stereocenters. The summed E-state index contributed by atoms with van der Waals surface area (Å²) in [5.74, 6) is -1.52. The number of ether oxygens (including phenoxy) is 1. The number of hydrogen-bond donors (Lipinski definition) is 4. The van der Waals surface area contributed by atoms with Gasteiger partial charge in [-0.1, -0.05) is 13.8 Å². The lowest BCUT2D eigenvalue weighted by atomic mass is 9.97. The molecule has 1 saturated carbocycles. The average Bonchev–Trinajstić information content (AvgIpc) is 3.09. The van der Waals surface area contributed by atoms with E-state index in [0.29, 0.717) is 25.8 Å². The summed E-state index contributed by atoms with van der Waals surface area (Å²) in [6.07, 6.45) is -0.739. The van der Waals surface area contributed by atoms with Gasteiger partial charge in [-0.25, -0.2) is 4.79 Å². The normalized spacial score (nSPS) is 29.4. The molecule has 3 aliphatic rings. The van der Waals surface area contributed by atoms with Crippen LogP contribution in [0.25, 0.3) is 0 Å². The minimum absolute atomic E-state index is 0.0850. The monoisotopic (exact) mass is 494 g/mol. The van der Waals surface area contributed by atoms with E-state index in [4.69, 9.17) is 4.74 Å². The molecule has 0 aromatic rings. The van der Waals surface area contributed by atoms with Crippen LogP contribution in [0.3, 0.4) is 0 Å². The molecule has 0 bridgehead atoms. The zero-order valence-electron chi connectivity index (χ0n) is 21.3. The summed E-state index contributed by atoms with van der Waals surface area (Å²) >= 11 is 0. The maximum Gasteiger partial charge on any atom is 0.405 e.